The number of hydrogen-bond acceptors (Lipinski definition) is 6. The minimum absolute atomic E-state index is 0.0351. The van der Waals surface area contributed by atoms with E-state index in [1.165, 1.54) is 0 Å². The van der Waals surface area contributed by atoms with Crippen LogP contribution in [0.5, 0.6) is 0 Å². The van der Waals surface area contributed by atoms with Gasteiger partial charge < -0.3 is 24.1 Å². The maximum Gasteiger partial charge on any atom is 0.509 e. The van der Waals surface area contributed by atoms with E-state index in [9.17, 15) is 14.7 Å². The molecule has 5 unspecified atom stereocenters. The highest BCUT2D eigenvalue weighted by Crippen LogP contribution is 2.54. The average Bonchev–Trinajstić information content (AvgIpc) is 3.47. The topological polar surface area (TPSA) is 82.1 Å². The molecule has 0 saturated heterocycles. The summed E-state index contributed by atoms with van der Waals surface area (Å²) < 4.78 is 17.2. The summed E-state index contributed by atoms with van der Waals surface area (Å²) >= 11 is 0. The molecule has 0 heterocycles. The minimum Gasteiger partial charge on any atom is -0.498 e. The largest absolute Gasteiger partial charge is 0.509 e. The van der Waals surface area contributed by atoms with E-state index in [1.54, 1.807) is 27.7 Å². The highest BCUT2D eigenvalue weighted by Gasteiger charge is 2.52. The van der Waals surface area contributed by atoms with Gasteiger partial charge in [-0.3, -0.25) is 0 Å². The Hall–Kier alpha value is -2.34. The summed E-state index contributed by atoms with van der Waals surface area (Å²) in [7, 11) is 0. The lowest BCUT2D eigenvalue weighted by molar-refractivity contribution is -0.117. The number of ketones is 1. The van der Waals surface area contributed by atoms with Gasteiger partial charge >= 0.3 is 6.16 Å². The van der Waals surface area contributed by atoms with E-state index < -0.39 is 24.0 Å². The van der Waals surface area contributed by atoms with Crippen LogP contribution in [-0.2, 0) is 19.0 Å². The van der Waals surface area contributed by atoms with Crippen LogP contribution >= 0.6 is 0 Å². The second-order valence-corrected chi connectivity index (χ2v) is 10.0. The Morgan fingerprint density at radius 1 is 1.21 bits per heavy atom. The number of rotatable bonds is 12. The van der Waals surface area contributed by atoms with Gasteiger partial charge in [-0.2, -0.15) is 0 Å². The van der Waals surface area contributed by atoms with Crippen molar-refractivity contribution in [2.75, 3.05) is 6.61 Å². The third kappa shape index (κ3) is 8.18. The van der Waals surface area contributed by atoms with Crippen molar-refractivity contribution < 1.29 is 28.9 Å². The highest BCUT2D eigenvalue weighted by atomic mass is 16.7. The van der Waals surface area contributed by atoms with E-state index in [2.05, 4.69) is 6.58 Å². The summed E-state index contributed by atoms with van der Waals surface area (Å²) in [6.07, 6.45) is 0.548. The molecule has 1 aromatic rings. The van der Waals surface area contributed by atoms with Gasteiger partial charge in [-0.25, -0.2) is 4.79 Å². The monoisotopic (exact) mass is 460 g/mol. The Bertz CT molecular complexity index is 824. The number of ether oxygens (including phenoxy) is 3. The number of aryl methyl sites for hydroxylation is 1. The molecular formula is C27H40O6. The van der Waals surface area contributed by atoms with Crippen molar-refractivity contribution in [1.29, 1.82) is 0 Å². The molecule has 1 fully saturated rings. The molecule has 0 bridgehead atoms. The molecule has 0 aromatic heterocycles. The maximum absolute atomic E-state index is 12.7. The third-order valence-electron chi connectivity index (χ3n) is 6.01. The predicted molar refractivity (Wildman–Crippen MR) is 128 cm³/mol. The van der Waals surface area contributed by atoms with Gasteiger partial charge in [-0.05, 0) is 83.8 Å². The molecule has 0 radical (unpaired) electrons. The number of aliphatic hydroxyl groups excluding tert-OH is 1. The molecule has 33 heavy (non-hydrogen) atoms. The lowest BCUT2D eigenvalue weighted by Crippen LogP contribution is -2.30. The summed E-state index contributed by atoms with van der Waals surface area (Å²) in [5.74, 6) is 0.419. The summed E-state index contributed by atoms with van der Waals surface area (Å²) in [4.78, 5) is 24.0. The number of hydrogen-bond donors (Lipinski definition) is 1. The molecule has 6 nitrogen and oxygen atoms in total. The zero-order valence-electron chi connectivity index (χ0n) is 20.9. The first-order valence-electron chi connectivity index (χ1n) is 11.9. The molecule has 5 atom stereocenters. The highest BCUT2D eigenvalue weighted by molar-refractivity contribution is 5.75. The number of benzene rings is 1. The van der Waals surface area contributed by atoms with Crippen molar-refractivity contribution in [2.45, 2.75) is 85.0 Å². The smallest absolute Gasteiger partial charge is 0.498 e. The summed E-state index contributed by atoms with van der Waals surface area (Å²) in [5, 5.41) is 10.8. The lowest BCUT2D eigenvalue weighted by atomic mass is 9.86. The molecular weight excluding hydrogens is 420 g/mol. The van der Waals surface area contributed by atoms with Crippen molar-refractivity contribution in [3.63, 3.8) is 0 Å². The number of Topliss-reactive ketones (excluding diaryl/α,β-unsaturated/α-hetero) is 1. The molecule has 6 heteroatoms. The fourth-order valence-electron chi connectivity index (χ4n) is 4.39. The van der Waals surface area contributed by atoms with Crippen molar-refractivity contribution in [1.82, 2.24) is 0 Å². The Labute approximate surface area is 198 Å². The number of carbonyl (C=O) groups excluding carboxylic acids is 2. The Kier molecular flexibility index (Phi) is 9.53. The molecule has 1 aliphatic rings. The quantitative estimate of drug-likeness (QED) is 0.308. The van der Waals surface area contributed by atoms with Gasteiger partial charge in [-0.15, -0.1) is 0 Å². The van der Waals surface area contributed by atoms with Gasteiger partial charge in [0.25, 0.3) is 0 Å². The van der Waals surface area contributed by atoms with Crippen LogP contribution < -0.4 is 0 Å². The first kappa shape index (κ1) is 26.9. The van der Waals surface area contributed by atoms with Crippen LogP contribution in [0.25, 0.3) is 0 Å². The number of carbonyl (C=O) groups is 2. The van der Waals surface area contributed by atoms with E-state index in [1.807, 2.05) is 38.1 Å². The van der Waals surface area contributed by atoms with Crippen LogP contribution in [0.2, 0.25) is 0 Å². The van der Waals surface area contributed by atoms with E-state index >= 15 is 0 Å². The fourth-order valence-corrected chi connectivity index (χ4v) is 4.39. The molecule has 1 saturated carbocycles. The molecule has 2 rings (SSSR count). The fraction of sp³-hybridized carbons (Fsp3) is 0.630. The number of aliphatic hydroxyl groups is 1. The third-order valence-corrected chi connectivity index (χ3v) is 6.01. The summed E-state index contributed by atoms with van der Waals surface area (Å²) in [6, 6.07) is 7.77. The summed E-state index contributed by atoms with van der Waals surface area (Å²) in [5.41, 5.74) is 1.17. The Morgan fingerprint density at radius 3 is 2.45 bits per heavy atom. The van der Waals surface area contributed by atoms with Gasteiger partial charge in [0, 0.05) is 6.42 Å². The van der Waals surface area contributed by atoms with Gasteiger partial charge in [0.05, 0.1) is 24.4 Å². The first-order chi connectivity index (χ1) is 15.4. The second kappa shape index (κ2) is 11.7. The van der Waals surface area contributed by atoms with E-state index in [0.717, 1.165) is 17.5 Å². The zero-order chi connectivity index (χ0) is 24.8. The van der Waals surface area contributed by atoms with Gasteiger partial charge in [-0.1, -0.05) is 30.8 Å². The van der Waals surface area contributed by atoms with Crippen LogP contribution in [0.4, 0.5) is 4.79 Å². The SMILES string of the molecule is C=C(OCC)C(C(OC(=O)OC(C)(C)C)c1ccccc1C)C1CC1C(O)CCCC(C)=O. The van der Waals surface area contributed by atoms with Gasteiger partial charge in [0.2, 0.25) is 0 Å². The van der Waals surface area contributed by atoms with Crippen LogP contribution in [0.15, 0.2) is 36.6 Å². The normalized spacial score (nSPS) is 20.3. The van der Waals surface area contributed by atoms with Gasteiger partial charge in [0.1, 0.15) is 17.5 Å². The van der Waals surface area contributed by atoms with Crippen molar-refractivity contribution in [3.05, 3.63) is 47.7 Å². The van der Waals surface area contributed by atoms with E-state index in [-0.39, 0.29) is 23.5 Å². The van der Waals surface area contributed by atoms with Gasteiger partial charge in [0.15, 0.2) is 0 Å². The average molecular weight is 461 g/mol. The van der Waals surface area contributed by atoms with E-state index in [0.29, 0.717) is 31.6 Å². The van der Waals surface area contributed by atoms with Crippen molar-refractivity contribution in [3.8, 4) is 0 Å². The zero-order valence-corrected chi connectivity index (χ0v) is 20.9. The van der Waals surface area contributed by atoms with Crippen molar-refractivity contribution >= 4 is 11.9 Å². The van der Waals surface area contributed by atoms with E-state index in [4.69, 9.17) is 14.2 Å². The van der Waals surface area contributed by atoms with Crippen molar-refractivity contribution in [2.24, 2.45) is 17.8 Å². The molecule has 184 valence electrons. The predicted octanol–water partition coefficient (Wildman–Crippen LogP) is 5.91. The van der Waals surface area contributed by atoms with Crippen LogP contribution in [-0.4, -0.2) is 35.4 Å². The Balaban J connectivity index is 2.31. The molecule has 0 spiro atoms. The molecule has 1 aromatic carbocycles. The summed E-state index contributed by atoms with van der Waals surface area (Å²) in [6.45, 7) is 15.4. The minimum atomic E-state index is -0.746. The molecule has 1 N–H and O–H groups in total. The molecule has 0 amide bonds. The van der Waals surface area contributed by atoms with Crippen LogP contribution in [0, 0.1) is 24.7 Å². The molecule has 0 aliphatic heterocycles. The first-order valence-corrected chi connectivity index (χ1v) is 11.9. The molecule has 1 aliphatic carbocycles. The lowest BCUT2D eigenvalue weighted by Gasteiger charge is -2.31. The van der Waals surface area contributed by atoms with Crippen LogP contribution in [0.3, 0.4) is 0 Å². The van der Waals surface area contributed by atoms with Crippen LogP contribution in [0.1, 0.15) is 77.5 Å². The Morgan fingerprint density at radius 2 is 1.88 bits per heavy atom. The standard InChI is InChI=1S/C27H40O6/c1-8-31-19(4)24(22-16-21(22)23(29)15-11-13-18(3)28)25(20-14-10-9-12-17(20)2)32-26(30)33-27(5,6)7/h9-10,12,14,21-25,29H,4,8,11,13,15-16H2,1-3,5-7H3. The maximum atomic E-state index is 12.7. The second-order valence-electron chi connectivity index (χ2n) is 10.0.